The van der Waals surface area contributed by atoms with Crippen LogP contribution < -0.4 is 5.32 Å². The molecule has 3 aliphatic rings. The van der Waals surface area contributed by atoms with Crippen LogP contribution in [0.2, 0.25) is 0 Å². The van der Waals surface area contributed by atoms with E-state index in [4.69, 9.17) is 0 Å². The number of Topliss-reactive ketones (excluding diaryl/α,β-unsaturated/α-hetero) is 1. The molecule has 0 spiro atoms. The average Bonchev–Trinajstić information content (AvgIpc) is 3.16. The molecule has 1 aliphatic carbocycles. The van der Waals surface area contributed by atoms with Crippen molar-refractivity contribution in [3.05, 3.63) is 49.0 Å². The van der Waals surface area contributed by atoms with Crippen LogP contribution in [-0.2, 0) is 4.79 Å². The third kappa shape index (κ3) is 1.95. The van der Waals surface area contributed by atoms with Crippen molar-refractivity contribution < 1.29 is 9.72 Å². The van der Waals surface area contributed by atoms with Gasteiger partial charge in [0.1, 0.15) is 0 Å². The molecule has 0 saturated carbocycles. The minimum absolute atomic E-state index is 0.0857. The molecular formula is C14H12N2O3S2. The third-order valence-electron chi connectivity index (χ3n) is 4.06. The molecule has 4 rings (SSSR count). The highest BCUT2D eigenvalue weighted by molar-refractivity contribution is 8.03. The number of hydrogen-bond donors (Lipinski definition) is 1. The predicted molar refractivity (Wildman–Crippen MR) is 82.2 cm³/mol. The number of carbonyl (C=O) groups is 1. The van der Waals surface area contributed by atoms with Gasteiger partial charge in [0.2, 0.25) is 0 Å². The molecule has 0 aromatic carbocycles. The van der Waals surface area contributed by atoms with Gasteiger partial charge in [-0.3, -0.25) is 14.9 Å². The van der Waals surface area contributed by atoms with Crippen molar-refractivity contribution in [3.8, 4) is 0 Å². The highest BCUT2D eigenvalue weighted by Gasteiger charge is 2.40. The fourth-order valence-corrected chi connectivity index (χ4v) is 5.46. The summed E-state index contributed by atoms with van der Waals surface area (Å²) >= 11 is 2.95. The molecule has 2 aliphatic heterocycles. The first kappa shape index (κ1) is 13.1. The second-order valence-electron chi connectivity index (χ2n) is 5.25. The van der Waals surface area contributed by atoms with Crippen molar-refractivity contribution in [1.29, 1.82) is 0 Å². The molecule has 1 aromatic rings. The summed E-state index contributed by atoms with van der Waals surface area (Å²) in [6.07, 6.45) is 2.29. The molecule has 0 amide bonds. The topological polar surface area (TPSA) is 72.2 Å². The van der Waals surface area contributed by atoms with E-state index in [-0.39, 0.29) is 21.6 Å². The van der Waals surface area contributed by atoms with Gasteiger partial charge in [0.25, 0.3) is 0 Å². The van der Waals surface area contributed by atoms with E-state index < -0.39 is 0 Å². The van der Waals surface area contributed by atoms with E-state index in [9.17, 15) is 14.9 Å². The first-order valence-electron chi connectivity index (χ1n) is 6.78. The summed E-state index contributed by atoms with van der Waals surface area (Å²) in [7, 11) is 0. The second-order valence-corrected chi connectivity index (χ2v) is 7.48. The molecule has 5 nitrogen and oxygen atoms in total. The fraction of sp³-hybridized carbons (Fsp3) is 0.357. The summed E-state index contributed by atoms with van der Waals surface area (Å²) in [5.41, 5.74) is 3.07. The van der Waals surface area contributed by atoms with Gasteiger partial charge in [0, 0.05) is 45.0 Å². The van der Waals surface area contributed by atoms with E-state index in [0.29, 0.717) is 6.42 Å². The standard InChI is InChI=1S/C14H12N2O3S2/c17-9-2-1-7-12(9)13(14-8(15-7)5-6-20-14)10-3-4-11(21-10)16(18)19/h3-4,13,15H,1-2,5-6H2. The van der Waals surface area contributed by atoms with Crippen LogP contribution >= 0.6 is 23.1 Å². The van der Waals surface area contributed by atoms with Crippen LogP contribution in [0.4, 0.5) is 5.00 Å². The lowest BCUT2D eigenvalue weighted by Gasteiger charge is -2.26. The summed E-state index contributed by atoms with van der Waals surface area (Å²) in [6.45, 7) is 0. The maximum Gasteiger partial charge on any atom is 0.324 e. The van der Waals surface area contributed by atoms with Gasteiger partial charge in [0.15, 0.2) is 5.78 Å². The average molecular weight is 320 g/mol. The number of ketones is 1. The van der Waals surface area contributed by atoms with Crippen molar-refractivity contribution in [2.24, 2.45) is 0 Å². The molecule has 0 fully saturated rings. The molecule has 1 N–H and O–H groups in total. The Morgan fingerprint density at radius 2 is 2.10 bits per heavy atom. The summed E-state index contributed by atoms with van der Waals surface area (Å²) in [5, 5.41) is 14.5. The molecule has 1 atom stereocenters. The normalized spacial score (nSPS) is 24.2. The highest BCUT2D eigenvalue weighted by Crippen LogP contribution is 2.52. The van der Waals surface area contributed by atoms with Gasteiger partial charge in [0.05, 0.1) is 10.8 Å². The van der Waals surface area contributed by atoms with Crippen molar-refractivity contribution in [2.45, 2.75) is 25.2 Å². The zero-order valence-corrected chi connectivity index (χ0v) is 12.7. The van der Waals surface area contributed by atoms with Crippen LogP contribution in [0.15, 0.2) is 34.0 Å². The quantitative estimate of drug-likeness (QED) is 0.668. The van der Waals surface area contributed by atoms with Crippen LogP contribution in [-0.4, -0.2) is 16.5 Å². The first-order chi connectivity index (χ1) is 10.1. The van der Waals surface area contributed by atoms with E-state index in [1.807, 2.05) is 0 Å². The predicted octanol–water partition coefficient (Wildman–Crippen LogP) is 3.31. The molecule has 0 saturated heterocycles. The maximum atomic E-state index is 12.3. The van der Waals surface area contributed by atoms with Crippen LogP contribution in [0, 0.1) is 10.1 Å². The number of hydrogen-bond acceptors (Lipinski definition) is 6. The van der Waals surface area contributed by atoms with Gasteiger partial charge in [-0.15, -0.1) is 11.8 Å². The Labute approximate surface area is 129 Å². The molecule has 0 bridgehead atoms. The van der Waals surface area contributed by atoms with Crippen LogP contribution in [0.3, 0.4) is 0 Å². The molecule has 7 heteroatoms. The van der Waals surface area contributed by atoms with E-state index in [1.165, 1.54) is 21.9 Å². The van der Waals surface area contributed by atoms with E-state index >= 15 is 0 Å². The lowest BCUT2D eigenvalue weighted by atomic mass is 9.91. The first-order valence-corrected chi connectivity index (χ1v) is 8.58. The van der Waals surface area contributed by atoms with E-state index in [0.717, 1.165) is 34.7 Å². The van der Waals surface area contributed by atoms with Gasteiger partial charge < -0.3 is 5.32 Å². The highest BCUT2D eigenvalue weighted by atomic mass is 32.2. The Morgan fingerprint density at radius 1 is 1.24 bits per heavy atom. The largest absolute Gasteiger partial charge is 0.361 e. The molecule has 21 heavy (non-hydrogen) atoms. The van der Waals surface area contributed by atoms with E-state index in [1.54, 1.807) is 23.9 Å². The van der Waals surface area contributed by atoms with Crippen LogP contribution in [0.25, 0.3) is 0 Å². The van der Waals surface area contributed by atoms with Crippen molar-refractivity contribution in [1.82, 2.24) is 5.32 Å². The van der Waals surface area contributed by atoms with Crippen molar-refractivity contribution in [3.63, 3.8) is 0 Å². The number of dihydropyridines is 1. The Balaban J connectivity index is 1.83. The van der Waals surface area contributed by atoms with Crippen LogP contribution in [0.1, 0.15) is 30.1 Å². The molecule has 108 valence electrons. The molecular weight excluding hydrogens is 308 g/mol. The summed E-state index contributed by atoms with van der Waals surface area (Å²) in [5.74, 6) is 1.10. The monoisotopic (exact) mass is 320 g/mol. The molecule has 1 aromatic heterocycles. The fourth-order valence-electron chi connectivity index (χ4n) is 3.18. The van der Waals surface area contributed by atoms with Gasteiger partial charge in [-0.1, -0.05) is 11.3 Å². The van der Waals surface area contributed by atoms with Crippen molar-refractivity contribution in [2.75, 3.05) is 5.75 Å². The number of nitrogens with one attached hydrogen (secondary N) is 1. The van der Waals surface area contributed by atoms with E-state index in [2.05, 4.69) is 5.32 Å². The number of allylic oxidation sites excluding steroid dienone is 4. The maximum absolute atomic E-state index is 12.3. The summed E-state index contributed by atoms with van der Waals surface area (Å²) in [4.78, 5) is 24.9. The SMILES string of the molecule is O=C1CCC2=C1C(c1ccc([N+](=O)[O-])s1)C1=C(CCS1)N2. The zero-order chi connectivity index (χ0) is 14.6. The molecule has 3 heterocycles. The number of carbonyl (C=O) groups excluding carboxylic acids is 1. The zero-order valence-electron chi connectivity index (χ0n) is 11.0. The number of thioether (sulfide) groups is 1. The Bertz CT molecular complexity index is 732. The molecule has 0 radical (unpaired) electrons. The van der Waals surface area contributed by atoms with Gasteiger partial charge >= 0.3 is 5.00 Å². The third-order valence-corrected chi connectivity index (χ3v) is 6.37. The Morgan fingerprint density at radius 3 is 2.86 bits per heavy atom. The number of nitrogens with zero attached hydrogens (tertiary/aromatic N) is 1. The van der Waals surface area contributed by atoms with Crippen molar-refractivity contribution >= 4 is 33.9 Å². The lowest BCUT2D eigenvalue weighted by molar-refractivity contribution is -0.380. The number of rotatable bonds is 2. The van der Waals surface area contributed by atoms with Gasteiger partial charge in [-0.2, -0.15) is 0 Å². The summed E-state index contributed by atoms with van der Waals surface area (Å²) in [6, 6.07) is 3.35. The minimum Gasteiger partial charge on any atom is -0.361 e. The molecule has 1 unspecified atom stereocenters. The number of nitro groups is 1. The lowest BCUT2D eigenvalue weighted by Crippen LogP contribution is -2.23. The smallest absolute Gasteiger partial charge is 0.324 e. The minimum atomic E-state index is -0.363. The second kappa shape index (κ2) is 4.71. The van der Waals surface area contributed by atoms with Gasteiger partial charge in [-0.25, -0.2) is 0 Å². The number of thiophene rings is 1. The Kier molecular flexibility index (Phi) is 2.93. The Hall–Kier alpha value is -1.60. The van der Waals surface area contributed by atoms with Crippen LogP contribution in [0.5, 0.6) is 0 Å². The summed E-state index contributed by atoms with van der Waals surface area (Å²) < 4.78 is 0. The van der Waals surface area contributed by atoms with Gasteiger partial charge in [-0.05, 0) is 18.9 Å².